The van der Waals surface area contributed by atoms with Crippen LogP contribution in [0.2, 0.25) is 0 Å². The Balaban J connectivity index is 2.00. The van der Waals surface area contributed by atoms with Crippen molar-refractivity contribution in [3.8, 4) is 0 Å². The van der Waals surface area contributed by atoms with Gasteiger partial charge in [0, 0.05) is 16.6 Å². The van der Waals surface area contributed by atoms with Crippen LogP contribution in [0.15, 0.2) is 35.0 Å². The molecule has 108 valence electrons. The van der Waals surface area contributed by atoms with Crippen LogP contribution < -0.4 is 10.6 Å². The molecule has 4 nitrogen and oxygen atoms in total. The number of hydrogen-bond acceptors (Lipinski definition) is 4. The van der Waals surface area contributed by atoms with Crippen LogP contribution in [0.5, 0.6) is 0 Å². The number of anilines is 1. The molecular weight excluding hydrogens is 264 g/mol. The molecule has 0 radical (unpaired) electrons. The fourth-order valence-electron chi connectivity index (χ4n) is 3.84. The molecule has 0 unspecified atom stereocenters. The number of carbonyl (C=O) groups excluding carboxylic acids is 1. The summed E-state index contributed by atoms with van der Waals surface area (Å²) in [6.07, 6.45) is 6.55. The lowest BCUT2D eigenvalue weighted by Gasteiger charge is -2.44. The standard InChI is InChI=1S/C17H18N2O2/c1-11-18-14-6-5-12-9-13(10-20)21-16(12)15(14)17(19-11)7-3-2-4-8-17/h5-6,9-10,18-19H,1-4,7-8H2. The van der Waals surface area contributed by atoms with Crippen LogP contribution in [0.25, 0.3) is 11.0 Å². The Kier molecular flexibility index (Phi) is 2.61. The Morgan fingerprint density at radius 2 is 2.05 bits per heavy atom. The molecule has 0 amide bonds. The number of benzene rings is 1. The number of furan rings is 1. The molecule has 4 heteroatoms. The molecule has 1 fully saturated rings. The van der Waals surface area contributed by atoms with E-state index in [9.17, 15) is 4.79 Å². The molecule has 1 spiro atoms. The maximum Gasteiger partial charge on any atom is 0.185 e. The third kappa shape index (κ3) is 1.78. The highest BCUT2D eigenvalue weighted by Crippen LogP contribution is 2.47. The zero-order valence-corrected chi connectivity index (χ0v) is 11.9. The Bertz CT molecular complexity index is 739. The molecule has 1 aromatic carbocycles. The molecule has 1 aliphatic heterocycles. The van der Waals surface area contributed by atoms with E-state index in [0.717, 1.165) is 47.2 Å². The molecule has 2 aliphatic rings. The van der Waals surface area contributed by atoms with Gasteiger partial charge in [-0.15, -0.1) is 0 Å². The average Bonchev–Trinajstić information content (AvgIpc) is 2.90. The van der Waals surface area contributed by atoms with Crippen LogP contribution in [-0.4, -0.2) is 6.29 Å². The number of fused-ring (bicyclic) bond motifs is 4. The van der Waals surface area contributed by atoms with Crippen molar-refractivity contribution in [2.24, 2.45) is 0 Å². The van der Waals surface area contributed by atoms with E-state index in [-0.39, 0.29) is 5.54 Å². The summed E-state index contributed by atoms with van der Waals surface area (Å²) in [5.74, 6) is 1.22. The van der Waals surface area contributed by atoms with Crippen molar-refractivity contribution >= 4 is 22.9 Å². The van der Waals surface area contributed by atoms with E-state index < -0.39 is 0 Å². The quantitative estimate of drug-likeness (QED) is 0.779. The minimum absolute atomic E-state index is 0.118. The van der Waals surface area contributed by atoms with Crippen molar-refractivity contribution in [1.82, 2.24) is 5.32 Å². The topological polar surface area (TPSA) is 54.3 Å². The lowest BCUT2D eigenvalue weighted by Crippen LogP contribution is -2.48. The van der Waals surface area contributed by atoms with Crippen LogP contribution in [0.3, 0.4) is 0 Å². The van der Waals surface area contributed by atoms with Gasteiger partial charge in [0.15, 0.2) is 12.0 Å². The number of aldehydes is 1. The second kappa shape index (κ2) is 4.38. The van der Waals surface area contributed by atoms with Crippen LogP contribution in [0, 0.1) is 0 Å². The fraction of sp³-hybridized carbons (Fsp3) is 0.353. The van der Waals surface area contributed by atoms with E-state index in [1.54, 1.807) is 0 Å². The first kappa shape index (κ1) is 12.5. The van der Waals surface area contributed by atoms with Crippen molar-refractivity contribution in [3.05, 3.63) is 41.9 Å². The monoisotopic (exact) mass is 282 g/mol. The van der Waals surface area contributed by atoms with E-state index in [1.165, 1.54) is 19.3 Å². The Labute approximate surface area is 123 Å². The molecule has 0 atom stereocenters. The first-order chi connectivity index (χ1) is 10.2. The van der Waals surface area contributed by atoms with Gasteiger partial charge in [0.25, 0.3) is 0 Å². The number of nitrogens with one attached hydrogen (secondary N) is 2. The summed E-state index contributed by atoms with van der Waals surface area (Å²) < 4.78 is 5.80. The number of hydrogen-bond donors (Lipinski definition) is 2. The molecule has 2 N–H and O–H groups in total. The molecule has 2 heterocycles. The van der Waals surface area contributed by atoms with Gasteiger partial charge in [-0.1, -0.05) is 25.8 Å². The van der Waals surface area contributed by atoms with Gasteiger partial charge in [0.05, 0.1) is 11.4 Å². The first-order valence-electron chi connectivity index (χ1n) is 7.48. The molecule has 4 rings (SSSR count). The zero-order valence-electron chi connectivity index (χ0n) is 11.9. The predicted octanol–water partition coefficient (Wildman–Crippen LogP) is 3.89. The van der Waals surface area contributed by atoms with Crippen LogP contribution in [0.4, 0.5) is 5.69 Å². The smallest absolute Gasteiger partial charge is 0.185 e. The van der Waals surface area contributed by atoms with Crippen molar-refractivity contribution in [1.29, 1.82) is 0 Å². The average molecular weight is 282 g/mol. The van der Waals surface area contributed by atoms with E-state index in [4.69, 9.17) is 4.42 Å². The Morgan fingerprint density at radius 1 is 1.24 bits per heavy atom. The maximum atomic E-state index is 11.0. The van der Waals surface area contributed by atoms with Crippen molar-refractivity contribution in [3.63, 3.8) is 0 Å². The predicted molar refractivity (Wildman–Crippen MR) is 82.3 cm³/mol. The molecule has 0 saturated heterocycles. The largest absolute Gasteiger partial charge is 0.453 e. The third-order valence-electron chi connectivity index (χ3n) is 4.68. The van der Waals surface area contributed by atoms with Gasteiger partial charge in [-0.2, -0.15) is 0 Å². The van der Waals surface area contributed by atoms with Crippen LogP contribution >= 0.6 is 0 Å². The molecule has 0 bridgehead atoms. The van der Waals surface area contributed by atoms with E-state index in [1.807, 2.05) is 12.1 Å². The molecule has 21 heavy (non-hydrogen) atoms. The number of carbonyl (C=O) groups is 1. The second-order valence-electron chi connectivity index (χ2n) is 6.04. The Hall–Kier alpha value is -2.23. The molecule has 2 aromatic rings. The highest BCUT2D eigenvalue weighted by molar-refractivity contribution is 5.92. The van der Waals surface area contributed by atoms with Gasteiger partial charge >= 0.3 is 0 Å². The fourth-order valence-corrected chi connectivity index (χ4v) is 3.84. The van der Waals surface area contributed by atoms with Crippen LogP contribution in [0.1, 0.15) is 48.2 Å². The summed E-state index contributed by atoms with van der Waals surface area (Å²) in [6.45, 7) is 4.06. The van der Waals surface area contributed by atoms with Gasteiger partial charge in [-0.3, -0.25) is 4.79 Å². The Morgan fingerprint density at radius 3 is 2.81 bits per heavy atom. The lowest BCUT2D eigenvalue weighted by molar-refractivity contribution is 0.110. The third-order valence-corrected chi connectivity index (χ3v) is 4.68. The highest BCUT2D eigenvalue weighted by atomic mass is 16.3. The molecule has 1 saturated carbocycles. The van der Waals surface area contributed by atoms with E-state index in [0.29, 0.717) is 5.76 Å². The highest BCUT2D eigenvalue weighted by Gasteiger charge is 2.41. The minimum Gasteiger partial charge on any atom is -0.453 e. The molecular formula is C17H18N2O2. The molecule has 1 aliphatic carbocycles. The summed E-state index contributed by atoms with van der Waals surface area (Å²) in [5, 5.41) is 7.83. The van der Waals surface area contributed by atoms with Gasteiger partial charge in [0.2, 0.25) is 0 Å². The van der Waals surface area contributed by atoms with Gasteiger partial charge in [0.1, 0.15) is 5.58 Å². The second-order valence-corrected chi connectivity index (χ2v) is 6.04. The summed E-state index contributed by atoms with van der Waals surface area (Å²) in [5.41, 5.74) is 2.90. The number of rotatable bonds is 1. The maximum absolute atomic E-state index is 11.0. The van der Waals surface area contributed by atoms with E-state index >= 15 is 0 Å². The summed E-state index contributed by atoms with van der Waals surface area (Å²) >= 11 is 0. The first-order valence-corrected chi connectivity index (χ1v) is 7.48. The van der Waals surface area contributed by atoms with E-state index in [2.05, 4.69) is 23.3 Å². The summed E-state index contributed by atoms with van der Waals surface area (Å²) in [7, 11) is 0. The summed E-state index contributed by atoms with van der Waals surface area (Å²) in [4.78, 5) is 11.0. The van der Waals surface area contributed by atoms with Gasteiger partial charge in [-0.25, -0.2) is 0 Å². The van der Waals surface area contributed by atoms with Crippen molar-refractivity contribution < 1.29 is 9.21 Å². The van der Waals surface area contributed by atoms with Gasteiger partial charge < -0.3 is 15.1 Å². The normalized spacial score (nSPS) is 19.9. The minimum atomic E-state index is -0.118. The van der Waals surface area contributed by atoms with Crippen molar-refractivity contribution in [2.75, 3.05) is 5.32 Å². The van der Waals surface area contributed by atoms with Gasteiger partial charge in [-0.05, 0) is 31.0 Å². The lowest BCUT2D eigenvalue weighted by atomic mass is 9.74. The zero-order chi connectivity index (χ0) is 14.4. The van der Waals surface area contributed by atoms with Crippen molar-refractivity contribution in [2.45, 2.75) is 37.6 Å². The molecule has 1 aromatic heterocycles. The van der Waals surface area contributed by atoms with Crippen LogP contribution in [-0.2, 0) is 5.54 Å². The SMILES string of the molecule is C=C1Nc2ccc3cc(C=O)oc3c2C2(CCCCC2)N1. The summed E-state index contributed by atoms with van der Waals surface area (Å²) in [6, 6.07) is 5.86.